The van der Waals surface area contributed by atoms with Crippen LogP contribution in [0.2, 0.25) is 0 Å². The first kappa shape index (κ1) is 21.9. The lowest BCUT2D eigenvalue weighted by atomic mass is 10.1. The molecule has 7 nitrogen and oxygen atoms in total. The highest BCUT2D eigenvalue weighted by molar-refractivity contribution is 7.94. The Morgan fingerprint density at radius 3 is 1.24 bits per heavy atom. The van der Waals surface area contributed by atoms with Crippen molar-refractivity contribution in [3.05, 3.63) is 118 Å². The first-order valence-corrected chi connectivity index (χ1v) is 13.0. The Kier molecular flexibility index (Phi) is 5.22. The fourth-order valence-corrected chi connectivity index (χ4v) is 5.74. The molecule has 0 saturated carbocycles. The normalized spacial score (nSPS) is 12.6. The molecule has 0 fully saturated rings. The van der Waals surface area contributed by atoms with Crippen LogP contribution in [0.4, 0.5) is 11.4 Å². The Balaban J connectivity index is 1.48. The molecule has 5 rings (SSSR count). The number of benzene rings is 4. The summed E-state index contributed by atoms with van der Waals surface area (Å²) in [5, 5.41) is 0. The standard InChI is InChI=1S/C25H16N2O5S2/c28-25-23-15-19(33(29,30)26-17-7-3-1-4-8-17)11-13-21(23)22-14-12-20(16-24(22)25)34(31,32)27-18-9-5-2-6-10-18/h1-16H/q-2. The zero-order chi connectivity index (χ0) is 23.9. The lowest BCUT2D eigenvalue weighted by Crippen LogP contribution is -2.02. The molecule has 0 bridgehead atoms. The van der Waals surface area contributed by atoms with E-state index in [2.05, 4.69) is 9.44 Å². The van der Waals surface area contributed by atoms with Crippen LogP contribution < -0.4 is 0 Å². The summed E-state index contributed by atoms with van der Waals surface area (Å²) in [7, 11) is -8.10. The molecule has 0 saturated heterocycles. The molecule has 34 heavy (non-hydrogen) atoms. The molecule has 0 amide bonds. The van der Waals surface area contributed by atoms with E-state index in [-0.39, 0.29) is 32.3 Å². The maximum Gasteiger partial charge on any atom is 0.194 e. The molecule has 0 spiro atoms. The fourth-order valence-electron chi connectivity index (χ4n) is 3.72. The average Bonchev–Trinajstić information content (AvgIpc) is 3.11. The highest BCUT2D eigenvalue weighted by Crippen LogP contribution is 2.40. The van der Waals surface area contributed by atoms with Gasteiger partial charge in [-0.05, 0) is 35.4 Å². The van der Waals surface area contributed by atoms with Crippen molar-refractivity contribution in [3.63, 3.8) is 0 Å². The van der Waals surface area contributed by atoms with E-state index in [4.69, 9.17) is 0 Å². The number of sulfonamides is 2. The summed E-state index contributed by atoms with van der Waals surface area (Å²) in [6.07, 6.45) is 0. The molecule has 0 aromatic heterocycles. The van der Waals surface area contributed by atoms with Crippen molar-refractivity contribution in [2.24, 2.45) is 0 Å². The van der Waals surface area contributed by atoms with Gasteiger partial charge in [-0.15, -0.1) is 11.4 Å². The second-order valence-corrected chi connectivity index (χ2v) is 10.8. The Morgan fingerprint density at radius 1 is 0.471 bits per heavy atom. The van der Waals surface area contributed by atoms with E-state index >= 15 is 0 Å². The quantitative estimate of drug-likeness (QED) is 0.305. The first-order valence-electron chi connectivity index (χ1n) is 10.1. The van der Waals surface area contributed by atoms with Crippen molar-refractivity contribution in [2.45, 2.75) is 9.79 Å². The van der Waals surface area contributed by atoms with Crippen LogP contribution in [0.25, 0.3) is 20.6 Å². The second kappa shape index (κ2) is 8.12. The van der Waals surface area contributed by atoms with Crippen molar-refractivity contribution in [3.8, 4) is 11.1 Å². The Hall–Kier alpha value is -3.95. The van der Waals surface area contributed by atoms with Crippen LogP contribution in [0.1, 0.15) is 15.9 Å². The molecule has 9 heteroatoms. The number of hydrogen-bond acceptors (Lipinski definition) is 5. The number of fused-ring (bicyclic) bond motifs is 3. The number of nitrogens with zero attached hydrogens (tertiary/aromatic N) is 2. The van der Waals surface area contributed by atoms with E-state index in [1.54, 1.807) is 60.7 Å². The molecule has 0 radical (unpaired) electrons. The maximum absolute atomic E-state index is 13.1. The zero-order valence-electron chi connectivity index (χ0n) is 17.5. The minimum Gasteiger partial charge on any atom is -0.573 e. The van der Waals surface area contributed by atoms with E-state index in [0.29, 0.717) is 11.1 Å². The number of rotatable bonds is 6. The number of hydrogen-bond donors (Lipinski definition) is 0. The Morgan fingerprint density at radius 2 is 0.853 bits per heavy atom. The summed E-state index contributed by atoms with van der Waals surface area (Å²) in [6.45, 7) is 0. The van der Waals surface area contributed by atoms with Gasteiger partial charge in [0.1, 0.15) is 20.0 Å². The largest absolute Gasteiger partial charge is 0.573 e. The fraction of sp³-hybridized carbons (Fsp3) is 0. The predicted molar refractivity (Wildman–Crippen MR) is 129 cm³/mol. The van der Waals surface area contributed by atoms with Gasteiger partial charge in [0.25, 0.3) is 0 Å². The maximum atomic E-state index is 13.1. The molecular formula is C25H16N2O5S2-2. The van der Waals surface area contributed by atoms with Gasteiger partial charge in [0.05, 0.1) is 9.79 Å². The molecule has 1 aliphatic carbocycles. The summed E-state index contributed by atoms with van der Waals surface area (Å²) in [4.78, 5) is 12.9. The second-order valence-electron chi connectivity index (χ2n) is 7.55. The molecule has 0 N–H and O–H groups in total. The molecule has 1 aliphatic rings. The van der Waals surface area contributed by atoms with Crippen LogP contribution in [-0.4, -0.2) is 22.6 Å². The van der Waals surface area contributed by atoms with Gasteiger partial charge in [-0.25, -0.2) is 16.8 Å². The molecular weight excluding hydrogens is 472 g/mol. The van der Waals surface area contributed by atoms with Crippen LogP contribution in [0.3, 0.4) is 0 Å². The van der Waals surface area contributed by atoms with Gasteiger partial charge in [0, 0.05) is 11.1 Å². The van der Waals surface area contributed by atoms with Gasteiger partial charge in [-0.3, -0.25) is 4.79 Å². The van der Waals surface area contributed by atoms with Crippen LogP contribution >= 0.6 is 0 Å². The third-order valence-electron chi connectivity index (χ3n) is 5.32. The minimum absolute atomic E-state index is 0.122. The molecule has 4 aromatic carbocycles. The topological polar surface area (TPSA) is 114 Å². The Bertz CT molecular complexity index is 1510. The summed E-state index contributed by atoms with van der Waals surface area (Å²) >= 11 is 0. The van der Waals surface area contributed by atoms with E-state index in [1.807, 2.05) is 0 Å². The molecule has 0 aliphatic heterocycles. The Labute approximate surface area is 197 Å². The van der Waals surface area contributed by atoms with Crippen LogP contribution in [0.15, 0.2) is 107 Å². The predicted octanol–water partition coefficient (Wildman–Crippen LogP) is 5.69. The molecule has 0 atom stereocenters. The average molecular weight is 489 g/mol. The van der Waals surface area contributed by atoms with Crippen molar-refractivity contribution < 1.29 is 21.6 Å². The third kappa shape index (κ3) is 3.95. The van der Waals surface area contributed by atoms with E-state index in [9.17, 15) is 21.6 Å². The monoisotopic (exact) mass is 488 g/mol. The van der Waals surface area contributed by atoms with Crippen LogP contribution in [-0.2, 0) is 20.0 Å². The van der Waals surface area contributed by atoms with Crippen LogP contribution in [0, 0.1) is 0 Å². The highest BCUT2D eigenvalue weighted by Gasteiger charge is 2.28. The summed E-state index contributed by atoms with van der Waals surface area (Å²) in [5.74, 6) is -0.460. The molecule has 0 unspecified atom stereocenters. The van der Waals surface area contributed by atoms with Crippen molar-refractivity contribution in [2.75, 3.05) is 0 Å². The van der Waals surface area contributed by atoms with Gasteiger partial charge in [0.15, 0.2) is 5.78 Å². The van der Waals surface area contributed by atoms with Gasteiger partial charge >= 0.3 is 0 Å². The van der Waals surface area contributed by atoms with Crippen molar-refractivity contribution >= 4 is 37.2 Å². The van der Waals surface area contributed by atoms with Gasteiger partial charge < -0.3 is 9.44 Å². The molecule has 0 heterocycles. The molecule has 4 aromatic rings. The van der Waals surface area contributed by atoms with Crippen molar-refractivity contribution in [1.29, 1.82) is 0 Å². The summed E-state index contributed by atoms with van der Waals surface area (Å²) in [6, 6.07) is 24.9. The number of carbonyl (C=O) groups is 1. The molecule has 170 valence electrons. The van der Waals surface area contributed by atoms with Crippen LogP contribution in [0.5, 0.6) is 0 Å². The summed E-state index contributed by atoms with van der Waals surface area (Å²) < 4.78 is 58.7. The van der Waals surface area contributed by atoms with E-state index in [1.165, 1.54) is 36.4 Å². The summed E-state index contributed by atoms with van der Waals surface area (Å²) in [5.41, 5.74) is 1.96. The lowest BCUT2D eigenvalue weighted by molar-refractivity contribution is 0.104. The first-order chi connectivity index (χ1) is 16.2. The van der Waals surface area contributed by atoms with Crippen molar-refractivity contribution in [1.82, 2.24) is 0 Å². The SMILES string of the molecule is O=C1c2cc(S(=O)(=O)[N-]c3ccccc3)ccc2-c2ccc(S(=O)(=O)[N-]c3ccccc3)cc21. The van der Waals surface area contributed by atoms with Gasteiger partial charge in [0.2, 0.25) is 0 Å². The van der Waals surface area contributed by atoms with E-state index < -0.39 is 25.8 Å². The van der Waals surface area contributed by atoms with Gasteiger partial charge in [-0.1, -0.05) is 72.8 Å². The van der Waals surface area contributed by atoms with E-state index in [0.717, 1.165) is 0 Å². The number of carbonyl (C=O) groups excluding carboxylic acids is 1. The zero-order valence-corrected chi connectivity index (χ0v) is 19.1. The number of ketones is 1. The lowest BCUT2D eigenvalue weighted by Gasteiger charge is -2.22. The van der Waals surface area contributed by atoms with Gasteiger partial charge in [-0.2, -0.15) is 0 Å². The smallest absolute Gasteiger partial charge is 0.194 e. The minimum atomic E-state index is -4.05. The highest BCUT2D eigenvalue weighted by atomic mass is 32.2. The third-order valence-corrected chi connectivity index (χ3v) is 7.92.